The van der Waals surface area contributed by atoms with E-state index in [0.29, 0.717) is 34.1 Å². The number of carbonyl (C=O) groups excluding carboxylic acids is 2. The van der Waals surface area contributed by atoms with Gasteiger partial charge in [-0.2, -0.15) is 0 Å². The highest BCUT2D eigenvalue weighted by Gasteiger charge is 2.29. The smallest absolute Gasteiger partial charge is 0.242 e. The molecule has 28 heavy (non-hydrogen) atoms. The van der Waals surface area contributed by atoms with Gasteiger partial charge in [0.1, 0.15) is 11.9 Å². The zero-order valence-corrected chi connectivity index (χ0v) is 17.4. The molecule has 0 radical (unpaired) electrons. The van der Waals surface area contributed by atoms with Crippen molar-refractivity contribution in [3.8, 4) is 0 Å². The minimum absolute atomic E-state index is 0.0399. The Kier molecular flexibility index (Phi) is 8.27. The lowest BCUT2D eigenvalue weighted by Crippen LogP contribution is -2.49. The van der Waals surface area contributed by atoms with E-state index in [1.54, 1.807) is 30.3 Å². The van der Waals surface area contributed by atoms with Crippen LogP contribution in [-0.4, -0.2) is 29.3 Å². The van der Waals surface area contributed by atoms with Crippen molar-refractivity contribution in [1.29, 1.82) is 0 Å². The molecule has 2 aromatic carbocycles. The number of likely N-dealkylation sites (N-methyl/N-ethyl adjacent to an activating group) is 1. The van der Waals surface area contributed by atoms with Gasteiger partial charge in [0.05, 0.1) is 6.42 Å². The second-order valence-electron chi connectivity index (χ2n) is 6.34. The van der Waals surface area contributed by atoms with Gasteiger partial charge in [-0.3, -0.25) is 9.59 Å². The van der Waals surface area contributed by atoms with Crippen molar-refractivity contribution in [2.24, 2.45) is 0 Å². The van der Waals surface area contributed by atoms with Crippen LogP contribution in [-0.2, 0) is 22.6 Å². The lowest BCUT2D eigenvalue weighted by atomic mass is 10.1. The predicted octanol–water partition coefficient (Wildman–Crippen LogP) is 4.62. The fourth-order valence-corrected chi connectivity index (χ4v) is 3.46. The standard InChI is InChI=1S/C21H23Cl2FN2O2/c1-3-19(21(28)25-4-2)26(13-16-17(22)6-5-7-18(16)23)20(27)12-14-8-10-15(24)11-9-14/h5-11,19H,3-4,12-13H2,1-2H3,(H,25,28)/t19-/m1/s1. The number of halogens is 3. The summed E-state index contributed by atoms with van der Waals surface area (Å²) in [5.74, 6) is -0.869. The molecule has 0 heterocycles. The molecule has 2 aromatic rings. The van der Waals surface area contributed by atoms with Crippen LogP contribution < -0.4 is 5.32 Å². The van der Waals surface area contributed by atoms with E-state index >= 15 is 0 Å². The quantitative estimate of drug-likeness (QED) is 0.671. The van der Waals surface area contributed by atoms with Crippen molar-refractivity contribution in [3.05, 3.63) is 69.5 Å². The Morgan fingerprint density at radius 2 is 1.68 bits per heavy atom. The molecule has 1 N–H and O–H groups in total. The second kappa shape index (κ2) is 10.4. The number of benzene rings is 2. The molecule has 150 valence electrons. The first-order chi connectivity index (χ1) is 13.4. The summed E-state index contributed by atoms with van der Waals surface area (Å²) in [5.41, 5.74) is 1.24. The van der Waals surface area contributed by atoms with Gasteiger partial charge in [-0.1, -0.05) is 48.3 Å². The first-order valence-electron chi connectivity index (χ1n) is 9.11. The fourth-order valence-electron chi connectivity index (χ4n) is 2.94. The Balaban J connectivity index is 2.35. The molecular weight excluding hydrogens is 402 g/mol. The number of amides is 2. The van der Waals surface area contributed by atoms with Crippen molar-refractivity contribution in [2.45, 2.75) is 39.3 Å². The fraction of sp³-hybridized carbons (Fsp3) is 0.333. The van der Waals surface area contributed by atoms with Gasteiger partial charge >= 0.3 is 0 Å². The van der Waals surface area contributed by atoms with E-state index in [1.165, 1.54) is 17.0 Å². The van der Waals surface area contributed by atoms with Crippen LogP contribution >= 0.6 is 23.2 Å². The van der Waals surface area contributed by atoms with Gasteiger partial charge in [0.15, 0.2) is 0 Å². The second-order valence-corrected chi connectivity index (χ2v) is 7.16. The van der Waals surface area contributed by atoms with Crippen LogP contribution in [0.4, 0.5) is 4.39 Å². The summed E-state index contributed by atoms with van der Waals surface area (Å²) >= 11 is 12.6. The van der Waals surface area contributed by atoms with Crippen LogP contribution in [0.2, 0.25) is 10.0 Å². The Morgan fingerprint density at radius 1 is 1.07 bits per heavy atom. The van der Waals surface area contributed by atoms with E-state index in [0.717, 1.165) is 0 Å². The van der Waals surface area contributed by atoms with Crippen LogP contribution in [0.5, 0.6) is 0 Å². The number of hydrogen-bond donors (Lipinski definition) is 1. The van der Waals surface area contributed by atoms with Gasteiger partial charge in [0.25, 0.3) is 0 Å². The Hall–Kier alpha value is -2.11. The van der Waals surface area contributed by atoms with Gasteiger partial charge in [-0.05, 0) is 43.2 Å². The van der Waals surface area contributed by atoms with E-state index in [1.807, 2.05) is 13.8 Å². The molecule has 1 atom stereocenters. The van der Waals surface area contributed by atoms with Crippen LogP contribution in [0.1, 0.15) is 31.4 Å². The summed E-state index contributed by atoms with van der Waals surface area (Å²) < 4.78 is 13.2. The van der Waals surface area contributed by atoms with Crippen molar-refractivity contribution < 1.29 is 14.0 Å². The summed E-state index contributed by atoms with van der Waals surface area (Å²) in [6, 6.07) is 10.2. The summed E-state index contributed by atoms with van der Waals surface area (Å²) in [6.45, 7) is 4.23. The van der Waals surface area contributed by atoms with Gasteiger partial charge in [0.2, 0.25) is 11.8 Å². The van der Waals surface area contributed by atoms with Crippen molar-refractivity contribution in [3.63, 3.8) is 0 Å². The molecule has 0 unspecified atom stereocenters. The lowest BCUT2D eigenvalue weighted by Gasteiger charge is -2.31. The zero-order valence-electron chi connectivity index (χ0n) is 15.8. The van der Waals surface area contributed by atoms with E-state index in [4.69, 9.17) is 23.2 Å². The molecule has 0 aliphatic rings. The highest BCUT2D eigenvalue weighted by molar-refractivity contribution is 6.36. The Labute approximate surface area is 174 Å². The molecule has 2 rings (SSSR count). The molecule has 0 spiro atoms. The van der Waals surface area contributed by atoms with Crippen LogP contribution in [0, 0.1) is 5.82 Å². The largest absolute Gasteiger partial charge is 0.355 e. The van der Waals surface area contributed by atoms with E-state index in [-0.39, 0.29) is 30.6 Å². The maximum Gasteiger partial charge on any atom is 0.242 e. The zero-order chi connectivity index (χ0) is 20.7. The van der Waals surface area contributed by atoms with Gasteiger partial charge < -0.3 is 10.2 Å². The third-order valence-corrected chi connectivity index (χ3v) is 5.10. The molecule has 2 amide bonds. The molecule has 0 bridgehead atoms. The van der Waals surface area contributed by atoms with E-state index in [9.17, 15) is 14.0 Å². The molecule has 0 saturated heterocycles. The summed E-state index contributed by atoms with van der Waals surface area (Å²) in [7, 11) is 0. The molecule has 0 aromatic heterocycles. The predicted molar refractivity (Wildman–Crippen MR) is 110 cm³/mol. The lowest BCUT2D eigenvalue weighted by molar-refractivity contribution is -0.140. The first-order valence-corrected chi connectivity index (χ1v) is 9.87. The summed E-state index contributed by atoms with van der Waals surface area (Å²) in [5, 5.41) is 3.63. The molecule has 0 aliphatic heterocycles. The Morgan fingerprint density at radius 3 is 2.21 bits per heavy atom. The average molecular weight is 425 g/mol. The van der Waals surface area contributed by atoms with Gasteiger partial charge in [-0.15, -0.1) is 0 Å². The molecular formula is C21H23Cl2FN2O2. The number of nitrogens with one attached hydrogen (secondary N) is 1. The number of carbonyl (C=O) groups is 2. The molecule has 7 heteroatoms. The summed E-state index contributed by atoms with van der Waals surface area (Å²) in [6.07, 6.45) is 0.474. The highest BCUT2D eigenvalue weighted by Crippen LogP contribution is 2.27. The SMILES string of the molecule is CCNC(=O)[C@@H](CC)N(Cc1c(Cl)cccc1Cl)C(=O)Cc1ccc(F)cc1. The first kappa shape index (κ1) is 22.2. The van der Waals surface area contributed by atoms with Crippen LogP contribution in [0.25, 0.3) is 0 Å². The maximum atomic E-state index is 13.2. The molecule has 0 aliphatic carbocycles. The average Bonchev–Trinajstić information content (AvgIpc) is 2.66. The number of hydrogen-bond acceptors (Lipinski definition) is 2. The molecule has 0 fully saturated rings. The minimum Gasteiger partial charge on any atom is -0.355 e. The normalized spacial score (nSPS) is 11.8. The Bertz CT molecular complexity index is 807. The minimum atomic E-state index is -0.666. The van der Waals surface area contributed by atoms with Crippen molar-refractivity contribution >= 4 is 35.0 Å². The van der Waals surface area contributed by atoms with Crippen molar-refractivity contribution in [2.75, 3.05) is 6.54 Å². The third-order valence-electron chi connectivity index (χ3n) is 4.40. The monoisotopic (exact) mass is 424 g/mol. The number of rotatable bonds is 8. The molecule has 4 nitrogen and oxygen atoms in total. The van der Waals surface area contributed by atoms with Gasteiger partial charge in [-0.25, -0.2) is 4.39 Å². The molecule has 0 saturated carbocycles. The third kappa shape index (κ3) is 5.69. The highest BCUT2D eigenvalue weighted by atomic mass is 35.5. The van der Waals surface area contributed by atoms with E-state index in [2.05, 4.69) is 5.32 Å². The maximum absolute atomic E-state index is 13.2. The van der Waals surface area contributed by atoms with E-state index < -0.39 is 6.04 Å². The number of nitrogens with zero attached hydrogens (tertiary/aromatic N) is 1. The van der Waals surface area contributed by atoms with Crippen molar-refractivity contribution in [1.82, 2.24) is 10.2 Å². The van der Waals surface area contributed by atoms with Crippen LogP contribution in [0.3, 0.4) is 0 Å². The summed E-state index contributed by atoms with van der Waals surface area (Å²) in [4.78, 5) is 27.1. The van der Waals surface area contributed by atoms with Crippen LogP contribution in [0.15, 0.2) is 42.5 Å². The van der Waals surface area contributed by atoms with Gasteiger partial charge in [0, 0.05) is 28.7 Å². The topological polar surface area (TPSA) is 49.4 Å².